The van der Waals surface area contributed by atoms with E-state index in [1.807, 2.05) is 68.4 Å². The fraction of sp³-hybridized carbons (Fsp3) is 0.296. The number of hydrogen-bond acceptors (Lipinski definition) is 4. The highest BCUT2D eigenvalue weighted by atomic mass is 16.2. The van der Waals surface area contributed by atoms with Crippen LogP contribution in [-0.4, -0.2) is 43.9 Å². The predicted molar refractivity (Wildman–Crippen MR) is 135 cm³/mol. The first kappa shape index (κ1) is 23.4. The van der Waals surface area contributed by atoms with Crippen LogP contribution in [0, 0.1) is 6.92 Å². The van der Waals surface area contributed by atoms with Gasteiger partial charge in [0.1, 0.15) is 0 Å². The van der Waals surface area contributed by atoms with Gasteiger partial charge in [0.2, 0.25) is 5.91 Å². The van der Waals surface area contributed by atoms with Gasteiger partial charge in [0.15, 0.2) is 6.04 Å². The number of nitrogens with one attached hydrogen (secondary N) is 2. The molecule has 176 valence electrons. The number of carbonyl (C=O) groups is 3. The lowest BCUT2D eigenvalue weighted by Gasteiger charge is -2.27. The summed E-state index contributed by atoms with van der Waals surface area (Å²) in [5, 5.41) is 7.78. The molecule has 2 N–H and O–H groups in total. The predicted octanol–water partition coefficient (Wildman–Crippen LogP) is 3.14. The van der Waals surface area contributed by atoms with Crippen LogP contribution in [0.4, 0.5) is 11.4 Å². The highest BCUT2D eigenvalue weighted by molar-refractivity contribution is 6.21. The zero-order valence-electron chi connectivity index (χ0n) is 20.0. The third kappa shape index (κ3) is 4.15. The molecule has 4 rings (SSSR count). The number of aryl methyl sites for hydroxylation is 1. The van der Waals surface area contributed by atoms with Crippen LogP contribution >= 0.6 is 0 Å². The van der Waals surface area contributed by atoms with E-state index in [9.17, 15) is 14.4 Å². The Morgan fingerprint density at radius 1 is 0.971 bits per heavy atom. The van der Waals surface area contributed by atoms with Crippen LogP contribution < -0.4 is 20.4 Å². The van der Waals surface area contributed by atoms with E-state index in [0.29, 0.717) is 17.8 Å². The summed E-state index contributed by atoms with van der Waals surface area (Å²) in [6.45, 7) is 4.17. The standard InChI is InChI=1S/C27H30N4O3/c1-5-21(28-3)25(32)29-24-26(33)30(4)22-12-8-9-13-23(22)31(27(24)34)16-20-17(2)14-15-18-10-6-7-11-19(18)20/h6-15,21,24,28H,5,16H2,1-4H3,(H,29,32)/t21-,24?/m0/s1. The van der Waals surface area contributed by atoms with E-state index in [1.165, 1.54) is 4.90 Å². The second-order valence-electron chi connectivity index (χ2n) is 8.58. The molecule has 1 unspecified atom stereocenters. The first-order valence-corrected chi connectivity index (χ1v) is 11.5. The minimum atomic E-state index is -1.32. The number of carbonyl (C=O) groups excluding carboxylic acids is 3. The summed E-state index contributed by atoms with van der Waals surface area (Å²) in [6.07, 6.45) is 0.534. The van der Waals surface area contributed by atoms with E-state index >= 15 is 0 Å². The first-order valence-electron chi connectivity index (χ1n) is 11.5. The summed E-state index contributed by atoms with van der Waals surface area (Å²) < 4.78 is 0. The van der Waals surface area contributed by atoms with E-state index < -0.39 is 23.9 Å². The van der Waals surface area contributed by atoms with Gasteiger partial charge < -0.3 is 20.4 Å². The lowest BCUT2D eigenvalue weighted by atomic mass is 9.99. The smallest absolute Gasteiger partial charge is 0.259 e. The minimum absolute atomic E-state index is 0.278. The summed E-state index contributed by atoms with van der Waals surface area (Å²) in [7, 11) is 3.32. The lowest BCUT2D eigenvalue weighted by Crippen LogP contribution is -2.57. The van der Waals surface area contributed by atoms with Crippen LogP contribution in [0.25, 0.3) is 10.8 Å². The van der Waals surface area contributed by atoms with Crippen molar-refractivity contribution in [1.29, 1.82) is 0 Å². The number of rotatable bonds is 6. The highest BCUT2D eigenvalue weighted by Gasteiger charge is 2.40. The molecular formula is C27H30N4O3. The van der Waals surface area contributed by atoms with E-state index in [1.54, 1.807) is 19.0 Å². The largest absolute Gasteiger partial charge is 0.335 e. The topological polar surface area (TPSA) is 81.8 Å². The molecule has 0 aliphatic carbocycles. The molecule has 7 heteroatoms. The van der Waals surface area contributed by atoms with Crippen LogP contribution in [-0.2, 0) is 20.9 Å². The first-order chi connectivity index (χ1) is 16.4. The maximum absolute atomic E-state index is 13.9. The Morgan fingerprint density at radius 3 is 2.35 bits per heavy atom. The van der Waals surface area contributed by atoms with E-state index in [2.05, 4.69) is 16.7 Å². The van der Waals surface area contributed by atoms with Gasteiger partial charge in [0.05, 0.1) is 24.0 Å². The molecule has 7 nitrogen and oxygen atoms in total. The summed E-state index contributed by atoms with van der Waals surface area (Å²) >= 11 is 0. The zero-order chi connectivity index (χ0) is 24.4. The molecule has 0 saturated heterocycles. The molecule has 3 aromatic carbocycles. The van der Waals surface area contributed by atoms with Gasteiger partial charge in [-0.3, -0.25) is 14.4 Å². The van der Waals surface area contributed by atoms with Crippen molar-refractivity contribution < 1.29 is 14.4 Å². The number of likely N-dealkylation sites (N-methyl/N-ethyl adjacent to an activating group) is 2. The van der Waals surface area contributed by atoms with Crippen molar-refractivity contribution in [3.05, 3.63) is 71.8 Å². The fourth-order valence-electron chi connectivity index (χ4n) is 4.53. The van der Waals surface area contributed by atoms with Gasteiger partial charge in [-0.15, -0.1) is 0 Å². The van der Waals surface area contributed by atoms with Crippen molar-refractivity contribution in [3.8, 4) is 0 Å². The average Bonchev–Trinajstić information content (AvgIpc) is 2.92. The third-order valence-electron chi connectivity index (χ3n) is 6.58. The van der Waals surface area contributed by atoms with Crippen molar-refractivity contribution in [1.82, 2.24) is 10.6 Å². The SMILES string of the molecule is CC[C@H](NC)C(=O)NC1C(=O)N(C)c2ccccc2N(Cc2c(C)ccc3ccccc23)C1=O. The summed E-state index contributed by atoms with van der Waals surface area (Å²) in [4.78, 5) is 43.2. The van der Waals surface area contributed by atoms with Gasteiger partial charge in [-0.25, -0.2) is 0 Å². The van der Waals surface area contributed by atoms with Crippen molar-refractivity contribution in [2.45, 2.75) is 38.9 Å². The van der Waals surface area contributed by atoms with E-state index in [4.69, 9.17) is 0 Å². The van der Waals surface area contributed by atoms with Gasteiger partial charge in [0, 0.05) is 7.05 Å². The Morgan fingerprint density at radius 2 is 1.65 bits per heavy atom. The second kappa shape index (κ2) is 9.65. The monoisotopic (exact) mass is 458 g/mol. The maximum atomic E-state index is 13.9. The zero-order valence-corrected chi connectivity index (χ0v) is 20.0. The molecule has 0 fully saturated rings. The highest BCUT2D eigenvalue weighted by Crippen LogP contribution is 2.35. The Balaban J connectivity index is 1.81. The molecule has 3 amide bonds. The van der Waals surface area contributed by atoms with Crippen molar-refractivity contribution in [3.63, 3.8) is 0 Å². The Hall–Kier alpha value is -3.71. The van der Waals surface area contributed by atoms with Crippen LogP contribution in [0.15, 0.2) is 60.7 Å². The van der Waals surface area contributed by atoms with Crippen molar-refractivity contribution in [2.24, 2.45) is 0 Å². The van der Waals surface area contributed by atoms with Crippen molar-refractivity contribution in [2.75, 3.05) is 23.9 Å². The van der Waals surface area contributed by atoms with E-state index in [0.717, 1.165) is 21.9 Å². The Kier molecular flexibility index (Phi) is 6.65. The molecular weight excluding hydrogens is 428 g/mol. The normalized spacial score (nSPS) is 16.9. The van der Waals surface area contributed by atoms with Gasteiger partial charge in [-0.2, -0.15) is 0 Å². The Labute approximate surface area is 199 Å². The molecule has 0 spiro atoms. The third-order valence-corrected chi connectivity index (χ3v) is 6.58. The Bertz CT molecular complexity index is 1250. The molecule has 1 aliphatic rings. The van der Waals surface area contributed by atoms with Gasteiger partial charge in [0.25, 0.3) is 11.8 Å². The minimum Gasteiger partial charge on any atom is -0.335 e. The van der Waals surface area contributed by atoms with Crippen LogP contribution in [0.2, 0.25) is 0 Å². The van der Waals surface area contributed by atoms with Gasteiger partial charge in [-0.1, -0.05) is 55.5 Å². The number of hydrogen-bond donors (Lipinski definition) is 2. The van der Waals surface area contributed by atoms with Crippen molar-refractivity contribution >= 4 is 39.9 Å². The molecule has 1 heterocycles. The number of amides is 3. The number of anilines is 2. The summed E-state index contributed by atoms with van der Waals surface area (Å²) in [5.41, 5.74) is 3.31. The summed E-state index contributed by atoms with van der Waals surface area (Å²) in [6, 6.07) is 17.7. The molecule has 0 saturated carbocycles. The molecule has 0 aromatic heterocycles. The van der Waals surface area contributed by atoms with Crippen LogP contribution in [0.3, 0.4) is 0 Å². The molecule has 0 radical (unpaired) electrons. The van der Waals surface area contributed by atoms with Crippen LogP contribution in [0.5, 0.6) is 0 Å². The maximum Gasteiger partial charge on any atom is 0.259 e. The number of benzene rings is 3. The number of fused-ring (bicyclic) bond motifs is 2. The second-order valence-corrected chi connectivity index (χ2v) is 8.58. The molecule has 0 bridgehead atoms. The number of nitrogens with zero attached hydrogens (tertiary/aromatic N) is 2. The van der Waals surface area contributed by atoms with Gasteiger partial charge in [-0.05, 0) is 54.4 Å². The fourth-order valence-corrected chi connectivity index (χ4v) is 4.53. The average molecular weight is 459 g/mol. The van der Waals surface area contributed by atoms with Gasteiger partial charge >= 0.3 is 0 Å². The molecule has 2 atom stereocenters. The van der Waals surface area contributed by atoms with Crippen LogP contribution in [0.1, 0.15) is 24.5 Å². The molecule has 3 aromatic rings. The number of para-hydroxylation sites is 2. The molecule has 1 aliphatic heterocycles. The quantitative estimate of drug-likeness (QED) is 0.556. The lowest BCUT2D eigenvalue weighted by molar-refractivity contribution is -0.134. The van der Waals surface area contributed by atoms with E-state index in [-0.39, 0.29) is 12.5 Å². The molecule has 34 heavy (non-hydrogen) atoms. The summed E-state index contributed by atoms with van der Waals surface area (Å²) in [5.74, 6) is -1.29.